The van der Waals surface area contributed by atoms with Crippen molar-refractivity contribution in [3.05, 3.63) is 10.4 Å². The van der Waals surface area contributed by atoms with Crippen molar-refractivity contribution in [2.45, 2.75) is 105 Å². The fourth-order valence-corrected chi connectivity index (χ4v) is 4.91. The molecule has 3 aliphatic rings. The number of carbonyl (C=O) groups is 1. The molecule has 0 aromatic carbocycles. The lowest BCUT2D eigenvalue weighted by molar-refractivity contribution is -0.310. The first-order valence-electron chi connectivity index (χ1n) is 12.8. The van der Waals surface area contributed by atoms with E-state index in [1.165, 1.54) is 0 Å². The Balaban J connectivity index is 1.85. The number of nitrogens with one attached hydrogen (secondary N) is 1. The van der Waals surface area contributed by atoms with Gasteiger partial charge >= 0.3 is 0 Å². The lowest BCUT2D eigenvalue weighted by Gasteiger charge is -2.47. The van der Waals surface area contributed by atoms with Crippen LogP contribution in [-0.2, 0) is 23.7 Å². The number of hydrogen-bond donors (Lipinski definition) is 11. The van der Waals surface area contributed by atoms with Crippen LogP contribution in [0.25, 0.3) is 10.4 Å². The minimum absolute atomic E-state index is 0.0241. The van der Waals surface area contributed by atoms with Crippen LogP contribution in [0.5, 0.6) is 0 Å². The number of ether oxygens (including phenoxy) is 4. The third kappa shape index (κ3) is 7.16. The van der Waals surface area contributed by atoms with Crippen LogP contribution in [-0.4, -0.2) is 153 Å². The van der Waals surface area contributed by atoms with E-state index in [1.807, 2.05) is 0 Å². The molecule has 0 spiro atoms. The van der Waals surface area contributed by atoms with Crippen molar-refractivity contribution in [1.29, 1.82) is 0 Å². The summed E-state index contributed by atoms with van der Waals surface area (Å²) in [5.74, 6) is -0.831. The first-order chi connectivity index (χ1) is 18.9. The van der Waals surface area contributed by atoms with Gasteiger partial charge in [0.15, 0.2) is 12.6 Å². The van der Waals surface area contributed by atoms with Crippen molar-refractivity contribution < 1.29 is 59.5 Å². The van der Waals surface area contributed by atoms with Gasteiger partial charge in [0, 0.05) is 11.0 Å². The highest BCUT2D eigenvalue weighted by Gasteiger charge is 2.53. The maximum absolute atomic E-state index is 12.4. The van der Waals surface area contributed by atoms with Gasteiger partial charge in [-0.1, -0.05) is 5.11 Å². The second kappa shape index (κ2) is 14.4. The van der Waals surface area contributed by atoms with Crippen LogP contribution >= 0.6 is 0 Å². The van der Waals surface area contributed by atoms with Gasteiger partial charge in [-0.3, -0.25) is 4.79 Å². The van der Waals surface area contributed by atoms with E-state index < -0.39 is 104 Å². The number of rotatable bonds is 11. The molecule has 230 valence electrons. The van der Waals surface area contributed by atoms with E-state index in [1.54, 1.807) is 0 Å². The molecule has 0 aromatic heterocycles. The highest BCUT2D eigenvalue weighted by Crippen LogP contribution is 2.32. The van der Waals surface area contributed by atoms with Gasteiger partial charge in [0.05, 0.1) is 31.3 Å². The fourth-order valence-electron chi connectivity index (χ4n) is 4.91. The molecule has 1 aliphatic carbocycles. The molecule has 14 N–H and O–H groups in total. The Morgan fingerprint density at radius 2 is 1.62 bits per heavy atom. The smallest absolute Gasteiger partial charge is 0.249 e. The normalized spacial score (nSPS) is 44.5. The second-order valence-electron chi connectivity index (χ2n) is 10.0. The number of aliphatic hydroxyl groups excluding tert-OH is 7. The van der Waals surface area contributed by atoms with Gasteiger partial charge in [-0.25, -0.2) is 0 Å². The summed E-state index contributed by atoms with van der Waals surface area (Å²) in [6, 6.07) is -3.45. The number of carbonyl (C=O) groups excluding carboxylic acids is 1. The molecule has 3 rings (SSSR count). The number of nitrogens with zero attached hydrogens (tertiary/aromatic N) is 3. The van der Waals surface area contributed by atoms with Crippen LogP contribution < -0.4 is 22.5 Å². The molecule has 0 bridgehead atoms. The van der Waals surface area contributed by atoms with Crippen molar-refractivity contribution in [1.82, 2.24) is 5.32 Å². The summed E-state index contributed by atoms with van der Waals surface area (Å²) in [5, 5.41) is 77.7. The highest BCUT2D eigenvalue weighted by molar-refractivity contribution is 5.80. The van der Waals surface area contributed by atoms with Gasteiger partial charge in [0.25, 0.3) is 0 Å². The molecule has 0 aromatic rings. The monoisotopic (exact) mass is 581 g/mol. The predicted molar refractivity (Wildman–Crippen MR) is 130 cm³/mol. The summed E-state index contributed by atoms with van der Waals surface area (Å²) in [4.78, 5) is 15.0. The Morgan fingerprint density at radius 3 is 2.25 bits per heavy atom. The summed E-state index contributed by atoms with van der Waals surface area (Å²) in [7, 11) is 0. The third-order valence-electron chi connectivity index (χ3n) is 7.25. The molecular formula is C21H39N7O12. The average Bonchev–Trinajstić information content (AvgIpc) is 3.19. The number of nitrogens with two attached hydrogens (primary N) is 3. The van der Waals surface area contributed by atoms with Gasteiger partial charge < -0.3 is 77.2 Å². The van der Waals surface area contributed by atoms with E-state index in [-0.39, 0.29) is 25.9 Å². The molecule has 1 saturated carbocycles. The number of amides is 1. The summed E-state index contributed by atoms with van der Waals surface area (Å²) in [5.41, 5.74) is 26.3. The topological polar surface area (TPSA) is 334 Å². The van der Waals surface area contributed by atoms with Gasteiger partial charge in [-0.15, -0.1) is 0 Å². The largest absolute Gasteiger partial charge is 0.394 e. The molecule has 40 heavy (non-hydrogen) atoms. The molecule has 19 nitrogen and oxygen atoms in total. The standard InChI is InChI=1S/C21H39N7O12/c22-2-1-8(30)19(36)27-7-3-6(23)17(39-20-11(24)15(34)14(33)10(5-29)38-20)18(12(7)31)40-21-16(35)13(32)9(37-21)4-26-28-25/h6-18,20-21,29-35H,1-5,22-24H2,(H,27,36)/t6?,7-,8+,9-,10?,11?,12?,13+,14+,15-,16?,17+,18-,20+,21+/m1/s1. The molecule has 2 aliphatic heterocycles. The maximum Gasteiger partial charge on any atom is 0.249 e. The molecule has 2 heterocycles. The van der Waals surface area contributed by atoms with E-state index in [4.69, 9.17) is 41.7 Å². The molecule has 1 amide bonds. The first kappa shape index (κ1) is 32.7. The van der Waals surface area contributed by atoms with Crippen molar-refractivity contribution in [2.24, 2.45) is 22.3 Å². The number of azide groups is 1. The molecule has 19 heteroatoms. The maximum atomic E-state index is 12.4. The Morgan fingerprint density at radius 1 is 1.00 bits per heavy atom. The molecule has 0 radical (unpaired) electrons. The van der Waals surface area contributed by atoms with E-state index in [0.717, 1.165) is 0 Å². The van der Waals surface area contributed by atoms with Gasteiger partial charge in [0.2, 0.25) is 5.91 Å². The molecule has 3 fully saturated rings. The lowest BCUT2D eigenvalue weighted by atomic mass is 9.83. The lowest BCUT2D eigenvalue weighted by Crippen LogP contribution is -2.69. The van der Waals surface area contributed by atoms with Crippen LogP contribution in [0.15, 0.2) is 5.11 Å². The van der Waals surface area contributed by atoms with Gasteiger partial charge in [0.1, 0.15) is 54.9 Å². The number of aliphatic hydroxyl groups is 7. The first-order valence-corrected chi connectivity index (χ1v) is 12.8. The molecular weight excluding hydrogens is 542 g/mol. The second-order valence-corrected chi connectivity index (χ2v) is 10.0. The highest BCUT2D eigenvalue weighted by atomic mass is 16.7. The van der Waals surface area contributed by atoms with Crippen LogP contribution in [0.4, 0.5) is 0 Å². The van der Waals surface area contributed by atoms with E-state index >= 15 is 0 Å². The summed E-state index contributed by atoms with van der Waals surface area (Å²) < 4.78 is 22.7. The number of hydrogen-bond acceptors (Lipinski definition) is 16. The van der Waals surface area contributed by atoms with Gasteiger partial charge in [-0.05, 0) is 24.9 Å². The van der Waals surface area contributed by atoms with Crippen molar-refractivity contribution in [2.75, 3.05) is 19.7 Å². The Kier molecular flexibility index (Phi) is 11.8. The summed E-state index contributed by atoms with van der Waals surface area (Å²) in [6.07, 6.45) is -17.8. The summed E-state index contributed by atoms with van der Waals surface area (Å²) in [6.45, 7) is -1.00. The zero-order chi connectivity index (χ0) is 29.7. The van der Waals surface area contributed by atoms with Crippen molar-refractivity contribution in [3.63, 3.8) is 0 Å². The SMILES string of the molecule is [N-]=[N+]=NC[C@H]1O[C@@H](O[C@@H]2C(O)[C@H](NC(=O)[C@@H](O)CCN)CC(N)[C@@H]2O[C@@H]2OC(CO)[C@H](O)[C@H](O)C2N)C(O)[C@H]1O. The molecule has 5 unspecified atom stereocenters. The van der Waals surface area contributed by atoms with Gasteiger partial charge in [-0.2, -0.15) is 0 Å². The quantitative estimate of drug-likeness (QED) is 0.0613. The Bertz CT molecular complexity index is 885. The Labute approximate surface area is 228 Å². The minimum Gasteiger partial charge on any atom is -0.394 e. The zero-order valence-electron chi connectivity index (χ0n) is 21.4. The van der Waals surface area contributed by atoms with E-state index in [9.17, 15) is 40.5 Å². The van der Waals surface area contributed by atoms with Crippen LogP contribution in [0.2, 0.25) is 0 Å². The zero-order valence-corrected chi connectivity index (χ0v) is 21.4. The van der Waals surface area contributed by atoms with E-state index in [2.05, 4.69) is 15.3 Å². The van der Waals surface area contributed by atoms with Crippen molar-refractivity contribution >= 4 is 5.91 Å². The fraction of sp³-hybridized carbons (Fsp3) is 0.952. The van der Waals surface area contributed by atoms with Crippen LogP contribution in [0, 0.1) is 0 Å². The molecule has 15 atom stereocenters. The van der Waals surface area contributed by atoms with E-state index in [0.29, 0.717) is 0 Å². The minimum atomic E-state index is -1.66. The third-order valence-corrected chi connectivity index (χ3v) is 7.25. The van der Waals surface area contributed by atoms with Crippen LogP contribution in [0.1, 0.15) is 12.8 Å². The van der Waals surface area contributed by atoms with Crippen molar-refractivity contribution in [3.8, 4) is 0 Å². The van der Waals surface area contributed by atoms with Crippen LogP contribution in [0.3, 0.4) is 0 Å². The summed E-state index contributed by atoms with van der Waals surface area (Å²) >= 11 is 0. The predicted octanol–water partition coefficient (Wildman–Crippen LogP) is -6.43. The Hall–Kier alpha value is -1.78. The molecule has 2 saturated heterocycles. The average molecular weight is 582 g/mol.